The molecule has 3 rings (SSSR count). The van der Waals surface area contributed by atoms with Gasteiger partial charge in [0.05, 0.1) is 6.20 Å². The van der Waals surface area contributed by atoms with Crippen molar-refractivity contribution in [1.82, 2.24) is 14.6 Å². The van der Waals surface area contributed by atoms with Gasteiger partial charge >= 0.3 is 0 Å². The van der Waals surface area contributed by atoms with E-state index in [1.165, 1.54) is 0 Å². The molecule has 0 radical (unpaired) electrons. The Morgan fingerprint density at radius 3 is 2.50 bits per heavy atom. The predicted molar refractivity (Wildman–Crippen MR) is 87.7 cm³/mol. The SMILES string of the molecule is Cc1cc(C)n2ncc(C)c2n1.Nc1ccc(NC=O)cc1. The molecule has 0 fully saturated rings. The molecule has 1 aromatic carbocycles. The number of carbonyl (C=O) groups excluding carboxylic acids is 1. The Labute approximate surface area is 129 Å². The van der Waals surface area contributed by atoms with Crippen molar-refractivity contribution in [3.63, 3.8) is 0 Å². The van der Waals surface area contributed by atoms with E-state index < -0.39 is 0 Å². The number of anilines is 2. The number of aromatic nitrogens is 3. The summed E-state index contributed by atoms with van der Waals surface area (Å²) in [4.78, 5) is 14.3. The summed E-state index contributed by atoms with van der Waals surface area (Å²) in [7, 11) is 0. The normalized spacial score (nSPS) is 9.95. The van der Waals surface area contributed by atoms with E-state index in [1.807, 2.05) is 37.5 Å². The first-order valence-electron chi connectivity index (χ1n) is 6.85. The standard InChI is InChI=1S/C9H11N3.C7H8N2O/c1-6-5-10-12-8(3)4-7(2)11-9(6)12;8-6-1-3-7(4-2-6)9-5-10/h4-5H,1-3H3;1-5H,8H2,(H,9,10). The zero-order valence-corrected chi connectivity index (χ0v) is 12.9. The van der Waals surface area contributed by atoms with Gasteiger partial charge in [0, 0.05) is 28.3 Å². The fourth-order valence-electron chi connectivity index (χ4n) is 2.03. The highest BCUT2D eigenvalue weighted by molar-refractivity contribution is 5.71. The molecule has 0 saturated heterocycles. The van der Waals surface area contributed by atoms with Gasteiger partial charge in [-0.05, 0) is 51.1 Å². The molecule has 1 amide bonds. The van der Waals surface area contributed by atoms with E-state index in [9.17, 15) is 4.79 Å². The number of carbonyl (C=O) groups is 1. The molecular weight excluding hydrogens is 278 g/mol. The highest BCUT2D eigenvalue weighted by Crippen LogP contribution is 2.10. The number of rotatable bonds is 2. The molecule has 0 bridgehead atoms. The van der Waals surface area contributed by atoms with Crippen molar-refractivity contribution in [2.75, 3.05) is 11.1 Å². The summed E-state index contributed by atoms with van der Waals surface area (Å²) in [5, 5.41) is 6.71. The summed E-state index contributed by atoms with van der Waals surface area (Å²) in [6, 6.07) is 8.96. The van der Waals surface area contributed by atoms with Crippen LogP contribution >= 0.6 is 0 Å². The highest BCUT2D eigenvalue weighted by Gasteiger charge is 2.03. The van der Waals surface area contributed by atoms with Crippen LogP contribution in [0.1, 0.15) is 17.0 Å². The third kappa shape index (κ3) is 3.60. The second kappa shape index (κ2) is 6.71. The van der Waals surface area contributed by atoms with Crippen LogP contribution < -0.4 is 11.1 Å². The van der Waals surface area contributed by atoms with Gasteiger partial charge in [0.1, 0.15) is 0 Å². The number of benzene rings is 1. The maximum Gasteiger partial charge on any atom is 0.211 e. The van der Waals surface area contributed by atoms with E-state index >= 15 is 0 Å². The number of nitrogens with two attached hydrogens (primary N) is 1. The van der Waals surface area contributed by atoms with Gasteiger partial charge in [-0.15, -0.1) is 0 Å². The number of amides is 1. The highest BCUT2D eigenvalue weighted by atomic mass is 16.1. The van der Waals surface area contributed by atoms with Gasteiger partial charge in [-0.25, -0.2) is 9.50 Å². The van der Waals surface area contributed by atoms with Gasteiger partial charge in [0.25, 0.3) is 0 Å². The summed E-state index contributed by atoms with van der Waals surface area (Å²) in [6.07, 6.45) is 2.47. The van der Waals surface area contributed by atoms with Crippen molar-refractivity contribution < 1.29 is 4.79 Å². The second-order valence-corrected chi connectivity index (χ2v) is 4.99. The Balaban J connectivity index is 0.000000164. The van der Waals surface area contributed by atoms with E-state index in [0.29, 0.717) is 12.1 Å². The molecule has 0 atom stereocenters. The van der Waals surface area contributed by atoms with Crippen LogP contribution in [-0.4, -0.2) is 21.0 Å². The summed E-state index contributed by atoms with van der Waals surface area (Å²) in [6.45, 7) is 6.06. The first-order valence-corrected chi connectivity index (χ1v) is 6.85. The Morgan fingerprint density at radius 1 is 1.18 bits per heavy atom. The number of aryl methyl sites for hydroxylation is 3. The molecule has 22 heavy (non-hydrogen) atoms. The molecule has 3 N–H and O–H groups in total. The fraction of sp³-hybridized carbons (Fsp3) is 0.188. The number of hydrogen-bond donors (Lipinski definition) is 2. The van der Waals surface area contributed by atoms with E-state index in [-0.39, 0.29) is 0 Å². The molecule has 6 heteroatoms. The van der Waals surface area contributed by atoms with Crippen molar-refractivity contribution in [3.8, 4) is 0 Å². The van der Waals surface area contributed by atoms with Crippen molar-refractivity contribution in [3.05, 3.63) is 53.5 Å². The van der Waals surface area contributed by atoms with Crippen molar-refractivity contribution in [2.45, 2.75) is 20.8 Å². The molecule has 0 aliphatic heterocycles. The summed E-state index contributed by atoms with van der Waals surface area (Å²) >= 11 is 0. The number of nitrogens with one attached hydrogen (secondary N) is 1. The van der Waals surface area contributed by atoms with Gasteiger partial charge in [0.15, 0.2) is 5.65 Å². The van der Waals surface area contributed by atoms with Gasteiger partial charge in [-0.3, -0.25) is 4.79 Å². The number of hydrogen-bond acceptors (Lipinski definition) is 4. The topological polar surface area (TPSA) is 85.3 Å². The van der Waals surface area contributed by atoms with Gasteiger partial charge in [-0.2, -0.15) is 5.10 Å². The van der Waals surface area contributed by atoms with Gasteiger partial charge < -0.3 is 11.1 Å². The minimum absolute atomic E-state index is 0.630. The molecule has 6 nitrogen and oxygen atoms in total. The van der Waals surface area contributed by atoms with E-state index in [2.05, 4.69) is 15.4 Å². The Hall–Kier alpha value is -2.89. The van der Waals surface area contributed by atoms with Crippen LogP contribution in [-0.2, 0) is 4.79 Å². The van der Waals surface area contributed by atoms with E-state index in [4.69, 9.17) is 5.73 Å². The quantitative estimate of drug-likeness (QED) is 0.562. The first kappa shape index (κ1) is 15.5. The first-order chi connectivity index (χ1) is 10.5. The van der Waals surface area contributed by atoms with Crippen LogP contribution in [0.5, 0.6) is 0 Å². The van der Waals surface area contributed by atoms with Crippen molar-refractivity contribution in [1.29, 1.82) is 0 Å². The van der Waals surface area contributed by atoms with Crippen molar-refractivity contribution in [2.24, 2.45) is 0 Å². The third-order valence-corrected chi connectivity index (χ3v) is 3.09. The lowest BCUT2D eigenvalue weighted by atomic mass is 10.3. The van der Waals surface area contributed by atoms with Crippen LogP contribution in [0.15, 0.2) is 36.5 Å². The van der Waals surface area contributed by atoms with Crippen LogP contribution in [0.4, 0.5) is 11.4 Å². The largest absolute Gasteiger partial charge is 0.399 e. The Bertz CT molecular complexity index is 777. The number of nitrogen functional groups attached to an aromatic ring is 1. The van der Waals surface area contributed by atoms with Crippen LogP contribution in [0, 0.1) is 20.8 Å². The third-order valence-electron chi connectivity index (χ3n) is 3.09. The molecule has 0 aliphatic carbocycles. The average Bonchev–Trinajstić information content (AvgIpc) is 2.84. The molecule has 2 heterocycles. The maximum atomic E-state index is 9.92. The van der Waals surface area contributed by atoms with Gasteiger partial charge in [-0.1, -0.05) is 0 Å². The predicted octanol–water partition coefficient (Wildman–Crippen LogP) is 2.49. The molecule has 2 aromatic heterocycles. The minimum Gasteiger partial charge on any atom is -0.399 e. The van der Waals surface area contributed by atoms with Crippen LogP contribution in [0.3, 0.4) is 0 Å². The molecule has 0 spiro atoms. The average molecular weight is 297 g/mol. The van der Waals surface area contributed by atoms with Crippen LogP contribution in [0.2, 0.25) is 0 Å². The fourth-order valence-corrected chi connectivity index (χ4v) is 2.03. The van der Waals surface area contributed by atoms with E-state index in [1.54, 1.807) is 24.3 Å². The Morgan fingerprint density at radius 2 is 1.86 bits per heavy atom. The molecule has 3 aromatic rings. The lowest BCUT2D eigenvalue weighted by Gasteiger charge is -1.99. The molecular formula is C16H19N5O. The van der Waals surface area contributed by atoms with E-state index in [0.717, 1.165) is 28.3 Å². The molecule has 0 unspecified atom stereocenters. The molecule has 0 saturated carbocycles. The zero-order valence-electron chi connectivity index (χ0n) is 12.9. The van der Waals surface area contributed by atoms with Crippen molar-refractivity contribution >= 4 is 23.4 Å². The lowest BCUT2D eigenvalue weighted by molar-refractivity contribution is -0.105. The monoisotopic (exact) mass is 297 g/mol. The molecule has 114 valence electrons. The number of nitrogens with zero attached hydrogens (tertiary/aromatic N) is 3. The zero-order chi connectivity index (χ0) is 16.1. The summed E-state index contributed by atoms with van der Waals surface area (Å²) in [5.41, 5.74) is 11.1. The maximum absolute atomic E-state index is 9.92. The van der Waals surface area contributed by atoms with Crippen LogP contribution in [0.25, 0.3) is 5.65 Å². The number of fused-ring (bicyclic) bond motifs is 1. The smallest absolute Gasteiger partial charge is 0.211 e. The van der Waals surface area contributed by atoms with Gasteiger partial charge in [0.2, 0.25) is 6.41 Å². The Kier molecular flexibility index (Phi) is 4.73. The lowest BCUT2D eigenvalue weighted by Crippen LogP contribution is -1.97. The summed E-state index contributed by atoms with van der Waals surface area (Å²) in [5.74, 6) is 0. The molecule has 0 aliphatic rings. The second-order valence-electron chi connectivity index (χ2n) is 4.99. The summed E-state index contributed by atoms with van der Waals surface area (Å²) < 4.78 is 1.86. The minimum atomic E-state index is 0.630.